The molecule has 0 saturated carbocycles. The van der Waals surface area contributed by atoms with Gasteiger partial charge in [0.1, 0.15) is 17.1 Å². The quantitative estimate of drug-likeness (QED) is 0.579. The van der Waals surface area contributed by atoms with E-state index in [0.717, 1.165) is 0 Å². The van der Waals surface area contributed by atoms with Gasteiger partial charge in [-0.25, -0.2) is 4.79 Å². The Morgan fingerprint density at radius 1 is 1.00 bits per heavy atom. The zero-order chi connectivity index (χ0) is 20.8. The summed E-state index contributed by atoms with van der Waals surface area (Å²) in [7, 11) is 1.49. The van der Waals surface area contributed by atoms with Crippen LogP contribution in [0.2, 0.25) is 5.02 Å². The Kier molecular flexibility index (Phi) is 6.36. The number of aromatic hydroxyl groups is 1. The van der Waals surface area contributed by atoms with E-state index in [1.807, 2.05) is 0 Å². The third kappa shape index (κ3) is 4.86. The van der Waals surface area contributed by atoms with Gasteiger partial charge in [0.25, 0.3) is 5.91 Å². The smallest absolute Gasteiger partial charge is 0.343 e. The third-order valence-electron chi connectivity index (χ3n) is 4.11. The molecule has 148 valence electrons. The molecule has 0 aromatic heterocycles. The van der Waals surface area contributed by atoms with Gasteiger partial charge in [-0.3, -0.25) is 4.79 Å². The number of hydrogen-bond donors (Lipinski definition) is 2. The van der Waals surface area contributed by atoms with Crippen molar-refractivity contribution in [1.82, 2.24) is 0 Å². The molecule has 3 aromatic rings. The molecule has 0 aliphatic rings. The molecule has 0 saturated heterocycles. The van der Waals surface area contributed by atoms with Crippen molar-refractivity contribution in [3.63, 3.8) is 0 Å². The summed E-state index contributed by atoms with van der Waals surface area (Å²) in [6, 6.07) is 19.3. The predicted molar refractivity (Wildman–Crippen MR) is 109 cm³/mol. The number of amides is 1. The summed E-state index contributed by atoms with van der Waals surface area (Å²) in [5, 5.41) is 12.9. The fourth-order valence-corrected chi connectivity index (χ4v) is 2.93. The maximum absolute atomic E-state index is 12.9. The number of ether oxygens (including phenoxy) is 2. The van der Waals surface area contributed by atoms with Gasteiger partial charge in [0.2, 0.25) is 6.10 Å². The molecule has 0 unspecified atom stereocenters. The van der Waals surface area contributed by atoms with E-state index in [2.05, 4.69) is 5.32 Å². The molecule has 0 heterocycles. The normalized spacial score (nSPS) is 11.4. The van der Waals surface area contributed by atoms with E-state index >= 15 is 0 Å². The molecule has 29 heavy (non-hydrogen) atoms. The second-order valence-electron chi connectivity index (χ2n) is 6.05. The zero-order valence-electron chi connectivity index (χ0n) is 15.5. The molecular formula is C22H18ClNO5. The van der Waals surface area contributed by atoms with Crippen LogP contribution in [-0.2, 0) is 9.53 Å². The summed E-state index contributed by atoms with van der Waals surface area (Å²) in [5.74, 6) is -1.15. The monoisotopic (exact) mass is 411 g/mol. The third-order valence-corrected chi connectivity index (χ3v) is 4.40. The molecule has 0 aliphatic carbocycles. The predicted octanol–water partition coefficient (Wildman–Crippen LogP) is 4.59. The van der Waals surface area contributed by atoms with Crippen molar-refractivity contribution in [2.45, 2.75) is 6.10 Å². The maximum Gasteiger partial charge on any atom is 0.343 e. The molecule has 0 bridgehead atoms. The van der Waals surface area contributed by atoms with E-state index in [1.54, 1.807) is 54.6 Å². The van der Waals surface area contributed by atoms with Crippen molar-refractivity contribution in [3.8, 4) is 11.5 Å². The summed E-state index contributed by atoms with van der Waals surface area (Å²) < 4.78 is 10.5. The van der Waals surface area contributed by atoms with Crippen molar-refractivity contribution in [2.24, 2.45) is 0 Å². The lowest BCUT2D eigenvalue weighted by Gasteiger charge is -2.18. The summed E-state index contributed by atoms with van der Waals surface area (Å²) in [4.78, 5) is 25.4. The average Bonchev–Trinajstić information content (AvgIpc) is 2.73. The Balaban J connectivity index is 1.86. The molecule has 0 spiro atoms. The number of nitrogens with one attached hydrogen (secondary N) is 1. The minimum atomic E-state index is -1.23. The van der Waals surface area contributed by atoms with Gasteiger partial charge in [0.15, 0.2) is 0 Å². The summed E-state index contributed by atoms with van der Waals surface area (Å²) >= 11 is 6.10. The second kappa shape index (κ2) is 9.12. The van der Waals surface area contributed by atoms with E-state index in [4.69, 9.17) is 21.1 Å². The molecule has 1 amide bonds. The number of methoxy groups -OCH3 is 1. The molecule has 0 radical (unpaired) electrons. The number of benzene rings is 3. The average molecular weight is 412 g/mol. The van der Waals surface area contributed by atoms with Gasteiger partial charge >= 0.3 is 5.97 Å². The first-order valence-electron chi connectivity index (χ1n) is 8.68. The second-order valence-corrected chi connectivity index (χ2v) is 6.46. The largest absolute Gasteiger partial charge is 0.507 e. The maximum atomic E-state index is 12.9. The highest BCUT2D eigenvalue weighted by Gasteiger charge is 2.27. The number of phenolic OH excluding ortho intramolecular Hbond substituents is 1. The van der Waals surface area contributed by atoms with Crippen molar-refractivity contribution < 1.29 is 24.2 Å². The Morgan fingerprint density at radius 2 is 1.69 bits per heavy atom. The van der Waals surface area contributed by atoms with Gasteiger partial charge < -0.3 is 19.9 Å². The van der Waals surface area contributed by atoms with E-state index in [-0.39, 0.29) is 11.3 Å². The zero-order valence-corrected chi connectivity index (χ0v) is 16.2. The number of para-hydroxylation sites is 1. The molecule has 3 rings (SSSR count). The van der Waals surface area contributed by atoms with Gasteiger partial charge in [0.05, 0.1) is 12.1 Å². The molecule has 7 heteroatoms. The van der Waals surface area contributed by atoms with Gasteiger partial charge in [-0.05, 0) is 30.3 Å². The molecule has 0 aliphatic heterocycles. The first-order chi connectivity index (χ1) is 14.0. The summed E-state index contributed by atoms with van der Waals surface area (Å²) in [5.41, 5.74) is 0.863. The molecule has 2 N–H and O–H groups in total. The van der Waals surface area contributed by atoms with E-state index in [0.29, 0.717) is 22.0 Å². The van der Waals surface area contributed by atoms with Crippen molar-refractivity contribution in [2.75, 3.05) is 12.4 Å². The van der Waals surface area contributed by atoms with E-state index in [9.17, 15) is 14.7 Å². The highest BCUT2D eigenvalue weighted by atomic mass is 35.5. The van der Waals surface area contributed by atoms with Crippen LogP contribution in [0, 0.1) is 0 Å². The first-order valence-corrected chi connectivity index (χ1v) is 9.05. The van der Waals surface area contributed by atoms with Crippen LogP contribution >= 0.6 is 11.6 Å². The number of halogens is 1. The lowest BCUT2D eigenvalue weighted by molar-refractivity contribution is -0.125. The number of carbonyl (C=O) groups excluding carboxylic acids is 2. The van der Waals surface area contributed by atoms with Crippen molar-refractivity contribution >= 4 is 29.2 Å². The Hall–Kier alpha value is -3.51. The first kappa shape index (κ1) is 20.2. The number of esters is 1. The van der Waals surface area contributed by atoms with E-state index < -0.39 is 18.0 Å². The highest BCUT2D eigenvalue weighted by molar-refractivity contribution is 6.32. The van der Waals surface area contributed by atoms with Crippen LogP contribution in [0.5, 0.6) is 11.5 Å². The number of carbonyl (C=O) groups is 2. The Bertz CT molecular complexity index is 1020. The fraction of sp³-hybridized carbons (Fsp3) is 0.0909. The number of anilines is 1. The minimum Gasteiger partial charge on any atom is -0.507 e. The van der Waals surface area contributed by atoms with Gasteiger partial charge in [-0.1, -0.05) is 54.1 Å². The van der Waals surface area contributed by atoms with E-state index in [1.165, 1.54) is 25.3 Å². The molecule has 3 aromatic carbocycles. The number of phenols is 1. The van der Waals surface area contributed by atoms with Crippen LogP contribution in [0.25, 0.3) is 0 Å². The van der Waals surface area contributed by atoms with Crippen LogP contribution in [0.3, 0.4) is 0 Å². The van der Waals surface area contributed by atoms with Gasteiger partial charge in [-0.15, -0.1) is 0 Å². The van der Waals surface area contributed by atoms with Gasteiger partial charge in [0, 0.05) is 11.3 Å². The molecule has 0 fully saturated rings. The molecule has 6 nitrogen and oxygen atoms in total. The lowest BCUT2D eigenvalue weighted by atomic mass is 10.1. The Morgan fingerprint density at radius 3 is 2.34 bits per heavy atom. The van der Waals surface area contributed by atoms with Crippen LogP contribution in [-0.4, -0.2) is 24.1 Å². The SMILES string of the molecule is COc1ccc(NC(=O)[C@@H](OC(=O)c2ccccc2O)c2ccccc2)cc1Cl. The van der Waals surface area contributed by atoms with Crippen LogP contribution in [0.1, 0.15) is 22.0 Å². The summed E-state index contributed by atoms with van der Waals surface area (Å²) in [6.07, 6.45) is -1.23. The Labute approximate surface area is 172 Å². The number of rotatable bonds is 6. The fourth-order valence-electron chi connectivity index (χ4n) is 2.67. The van der Waals surface area contributed by atoms with Crippen LogP contribution < -0.4 is 10.1 Å². The van der Waals surface area contributed by atoms with Crippen molar-refractivity contribution in [1.29, 1.82) is 0 Å². The van der Waals surface area contributed by atoms with Gasteiger partial charge in [-0.2, -0.15) is 0 Å². The topological polar surface area (TPSA) is 84.9 Å². The lowest BCUT2D eigenvalue weighted by Crippen LogP contribution is -2.26. The van der Waals surface area contributed by atoms with Crippen LogP contribution in [0.15, 0.2) is 72.8 Å². The number of hydrogen-bond acceptors (Lipinski definition) is 5. The standard InChI is InChI=1S/C22H18ClNO5/c1-28-19-12-11-15(13-17(19)23)24-21(26)20(14-7-3-2-4-8-14)29-22(27)16-9-5-6-10-18(16)25/h2-13,20,25H,1H3,(H,24,26)/t20-/m0/s1. The summed E-state index contributed by atoms with van der Waals surface area (Å²) in [6.45, 7) is 0. The molecule has 1 atom stereocenters. The minimum absolute atomic E-state index is 0.0336. The van der Waals surface area contributed by atoms with Crippen LogP contribution in [0.4, 0.5) is 5.69 Å². The molecular weight excluding hydrogens is 394 g/mol. The highest BCUT2D eigenvalue weighted by Crippen LogP contribution is 2.29. The van der Waals surface area contributed by atoms with Crippen molar-refractivity contribution in [3.05, 3.63) is 88.9 Å².